The molecule has 2 aliphatic rings. The van der Waals surface area contributed by atoms with Gasteiger partial charge in [0.15, 0.2) is 0 Å². The van der Waals surface area contributed by atoms with E-state index in [-0.39, 0.29) is 5.91 Å². The van der Waals surface area contributed by atoms with Gasteiger partial charge < -0.3 is 5.32 Å². The highest BCUT2D eigenvalue weighted by atomic mass is 32.1. The van der Waals surface area contributed by atoms with Crippen LogP contribution in [-0.4, -0.2) is 12.5 Å². The lowest BCUT2D eigenvalue weighted by atomic mass is 9.98. The van der Waals surface area contributed by atoms with Crippen molar-refractivity contribution in [2.24, 2.45) is 17.8 Å². The first-order valence-corrected chi connectivity index (χ1v) is 7.26. The van der Waals surface area contributed by atoms with Gasteiger partial charge in [-0.3, -0.25) is 4.79 Å². The summed E-state index contributed by atoms with van der Waals surface area (Å²) in [5, 5.41) is 3.10. The van der Waals surface area contributed by atoms with Crippen LogP contribution in [0.25, 0.3) is 0 Å². The Labute approximate surface area is 114 Å². The van der Waals surface area contributed by atoms with Crippen LogP contribution in [0.4, 0.5) is 0 Å². The number of rotatable bonds is 5. The average Bonchev–Trinajstić information content (AvgIpc) is 3.23. The minimum absolute atomic E-state index is 0.0391. The predicted octanol–water partition coefficient (Wildman–Crippen LogP) is 3.14. The molecule has 96 valence electrons. The molecule has 3 rings (SSSR count). The minimum atomic E-state index is 0.0391. The standard InChI is InChI=1S/C15H19NOS/c17-15(12-2-1-3-13(18)8-12)16-9-14(10-4-5-10)11-6-7-11/h1-3,8,10-11,14,18H,4-7,9H2,(H,16,17). The zero-order chi connectivity index (χ0) is 12.5. The summed E-state index contributed by atoms with van der Waals surface area (Å²) in [4.78, 5) is 12.9. The molecule has 0 aromatic heterocycles. The van der Waals surface area contributed by atoms with Crippen molar-refractivity contribution in [1.29, 1.82) is 0 Å². The van der Waals surface area contributed by atoms with Crippen LogP contribution in [0.15, 0.2) is 29.2 Å². The van der Waals surface area contributed by atoms with Gasteiger partial charge in [0.2, 0.25) is 0 Å². The lowest BCUT2D eigenvalue weighted by Gasteiger charge is -2.16. The lowest BCUT2D eigenvalue weighted by molar-refractivity contribution is 0.0943. The quantitative estimate of drug-likeness (QED) is 0.783. The second-order valence-corrected chi connectivity index (χ2v) is 6.12. The first kappa shape index (κ1) is 12.1. The van der Waals surface area contributed by atoms with E-state index in [4.69, 9.17) is 0 Å². The van der Waals surface area contributed by atoms with Gasteiger partial charge in [0.1, 0.15) is 0 Å². The summed E-state index contributed by atoms with van der Waals surface area (Å²) in [7, 11) is 0. The van der Waals surface area contributed by atoms with E-state index in [9.17, 15) is 4.79 Å². The number of carbonyl (C=O) groups is 1. The van der Waals surface area contributed by atoms with E-state index in [0.717, 1.165) is 29.2 Å². The number of hydrogen-bond donors (Lipinski definition) is 2. The Balaban J connectivity index is 1.57. The van der Waals surface area contributed by atoms with Gasteiger partial charge in [-0.05, 0) is 61.6 Å². The third-order valence-electron chi connectivity index (χ3n) is 4.06. The Hall–Kier alpha value is -0.960. The SMILES string of the molecule is O=C(NCC(C1CC1)C1CC1)c1cccc(S)c1. The molecule has 1 aromatic rings. The molecule has 3 heteroatoms. The summed E-state index contributed by atoms with van der Waals surface area (Å²) in [5.74, 6) is 2.54. The maximum atomic E-state index is 12.0. The number of carbonyl (C=O) groups excluding carboxylic acids is 1. The molecule has 0 saturated heterocycles. The summed E-state index contributed by atoms with van der Waals surface area (Å²) < 4.78 is 0. The van der Waals surface area contributed by atoms with E-state index in [2.05, 4.69) is 17.9 Å². The van der Waals surface area contributed by atoms with Gasteiger partial charge in [0.25, 0.3) is 5.91 Å². The molecule has 2 aliphatic carbocycles. The largest absolute Gasteiger partial charge is 0.352 e. The van der Waals surface area contributed by atoms with Gasteiger partial charge in [-0.2, -0.15) is 0 Å². The molecule has 2 nitrogen and oxygen atoms in total. The zero-order valence-electron chi connectivity index (χ0n) is 10.4. The molecule has 0 aliphatic heterocycles. The van der Waals surface area contributed by atoms with Crippen molar-refractivity contribution < 1.29 is 4.79 Å². The molecule has 0 radical (unpaired) electrons. The van der Waals surface area contributed by atoms with E-state index in [1.165, 1.54) is 25.7 Å². The van der Waals surface area contributed by atoms with Crippen LogP contribution in [0.2, 0.25) is 0 Å². The van der Waals surface area contributed by atoms with Gasteiger partial charge in [-0.25, -0.2) is 0 Å². The van der Waals surface area contributed by atoms with Gasteiger partial charge >= 0.3 is 0 Å². The molecule has 1 amide bonds. The minimum Gasteiger partial charge on any atom is -0.352 e. The summed E-state index contributed by atoms with van der Waals surface area (Å²) >= 11 is 4.26. The van der Waals surface area contributed by atoms with Crippen molar-refractivity contribution >= 4 is 18.5 Å². The highest BCUT2D eigenvalue weighted by Crippen LogP contribution is 2.48. The van der Waals surface area contributed by atoms with Crippen LogP contribution < -0.4 is 5.32 Å². The third kappa shape index (κ3) is 2.89. The maximum Gasteiger partial charge on any atom is 0.251 e. The van der Waals surface area contributed by atoms with Crippen molar-refractivity contribution in [3.63, 3.8) is 0 Å². The maximum absolute atomic E-state index is 12.0. The first-order chi connectivity index (χ1) is 8.74. The first-order valence-electron chi connectivity index (χ1n) is 6.81. The molecule has 2 saturated carbocycles. The Morgan fingerprint density at radius 1 is 1.28 bits per heavy atom. The Morgan fingerprint density at radius 2 is 1.94 bits per heavy atom. The second-order valence-electron chi connectivity index (χ2n) is 5.60. The van der Waals surface area contributed by atoms with Crippen LogP contribution in [0.1, 0.15) is 36.0 Å². The molecule has 0 unspecified atom stereocenters. The van der Waals surface area contributed by atoms with Gasteiger partial charge in [0, 0.05) is 17.0 Å². The van der Waals surface area contributed by atoms with E-state index < -0.39 is 0 Å². The van der Waals surface area contributed by atoms with E-state index in [0.29, 0.717) is 5.56 Å². The Morgan fingerprint density at radius 3 is 2.50 bits per heavy atom. The number of nitrogens with one attached hydrogen (secondary N) is 1. The fourth-order valence-electron chi connectivity index (χ4n) is 2.73. The second kappa shape index (κ2) is 4.96. The fourth-order valence-corrected chi connectivity index (χ4v) is 2.95. The van der Waals surface area contributed by atoms with Gasteiger partial charge in [0.05, 0.1) is 0 Å². The topological polar surface area (TPSA) is 29.1 Å². The molecule has 1 N–H and O–H groups in total. The molecular formula is C15H19NOS. The summed E-state index contributed by atoms with van der Waals surface area (Å²) in [5.41, 5.74) is 0.716. The number of thiol groups is 1. The van der Waals surface area contributed by atoms with Crippen molar-refractivity contribution in [3.8, 4) is 0 Å². The third-order valence-corrected chi connectivity index (χ3v) is 4.34. The number of amides is 1. The normalized spacial score (nSPS) is 19.0. The molecule has 2 fully saturated rings. The van der Waals surface area contributed by atoms with Crippen molar-refractivity contribution in [1.82, 2.24) is 5.32 Å². The molecular weight excluding hydrogens is 242 g/mol. The zero-order valence-corrected chi connectivity index (χ0v) is 11.3. The fraction of sp³-hybridized carbons (Fsp3) is 0.533. The molecule has 0 atom stereocenters. The van der Waals surface area contributed by atoms with Crippen LogP contribution in [-0.2, 0) is 0 Å². The highest BCUT2D eigenvalue weighted by Gasteiger charge is 2.41. The molecule has 18 heavy (non-hydrogen) atoms. The van der Waals surface area contributed by atoms with E-state index >= 15 is 0 Å². The highest BCUT2D eigenvalue weighted by molar-refractivity contribution is 7.80. The van der Waals surface area contributed by atoms with Crippen LogP contribution in [0.5, 0.6) is 0 Å². The van der Waals surface area contributed by atoms with E-state index in [1.54, 1.807) is 0 Å². The van der Waals surface area contributed by atoms with Crippen molar-refractivity contribution in [2.75, 3.05) is 6.54 Å². The summed E-state index contributed by atoms with van der Waals surface area (Å²) in [6.45, 7) is 0.852. The number of hydrogen-bond acceptors (Lipinski definition) is 2. The van der Waals surface area contributed by atoms with Crippen LogP contribution in [0.3, 0.4) is 0 Å². The predicted molar refractivity (Wildman–Crippen MR) is 75.0 cm³/mol. The molecule has 1 aromatic carbocycles. The lowest BCUT2D eigenvalue weighted by Crippen LogP contribution is -2.31. The van der Waals surface area contributed by atoms with Crippen LogP contribution in [0, 0.1) is 17.8 Å². The Kier molecular flexibility index (Phi) is 3.33. The molecule has 0 heterocycles. The molecule has 0 bridgehead atoms. The summed E-state index contributed by atoms with van der Waals surface area (Å²) in [6.07, 6.45) is 5.46. The number of benzene rings is 1. The van der Waals surface area contributed by atoms with Gasteiger partial charge in [-0.1, -0.05) is 6.07 Å². The summed E-state index contributed by atoms with van der Waals surface area (Å²) in [6, 6.07) is 7.42. The van der Waals surface area contributed by atoms with E-state index in [1.807, 2.05) is 24.3 Å². The van der Waals surface area contributed by atoms with Gasteiger partial charge in [-0.15, -0.1) is 12.6 Å². The smallest absolute Gasteiger partial charge is 0.251 e. The van der Waals surface area contributed by atoms with Crippen LogP contribution >= 0.6 is 12.6 Å². The van der Waals surface area contributed by atoms with Crippen molar-refractivity contribution in [2.45, 2.75) is 30.6 Å². The van der Waals surface area contributed by atoms with Crippen molar-refractivity contribution in [3.05, 3.63) is 29.8 Å². The Bertz CT molecular complexity index is 440. The average molecular weight is 261 g/mol. The molecule has 0 spiro atoms. The monoisotopic (exact) mass is 261 g/mol.